The molecule has 2 aliphatic heterocycles. The van der Waals surface area contributed by atoms with E-state index in [0.717, 1.165) is 12.8 Å². The third-order valence-corrected chi connectivity index (χ3v) is 5.38. The van der Waals surface area contributed by atoms with Crippen LogP contribution in [0.4, 0.5) is 0 Å². The molecule has 2 heterocycles. The first kappa shape index (κ1) is 11.9. The summed E-state index contributed by atoms with van der Waals surface area (Å²) < 4.78 is 28.6. The fourth-order valence-electron chi connectivity index (χ4n) is 2.68. The molecule has 0 aliphatic carbocycles. The third kappa shape index (κ3) is 2.38. The van der Waals surface area contributed by atoms with E-state index in [0.29, 0.717) is 12.8 Å². The van der Waals surface area contributed by atoms with E-state index in [9.17, 15) is 13.7 Å². The van der Waals surface area contributed by atoms with Crippen molar-refractivity contribution in [2.24, 2.45) is 5.41 Å². The van der Waals surface area contributed by atoms with E-state index < -0.39 is 15.3 Å². The zero-order valence-electron chi connectivity index (χ0n) is 9.48. The third-order valence-electron chi connectivity index (χ3n) is 3.56. The largest absolute Gasteiger partial charge is 0.375 e. The minimum atomic E-state index is -3.00. The molecule has 16 heavy (non-hydrogen) atoms. The van der Waals surface area contributed by atoms with Gasteiger partial charge in [-0.15, -0.1) is 0 Å². The van der Waals surface area contributed by atoms with Gasteiger partial charge in [0, 0.05) is 0 Å². The summed E-state index contributed by atoms with van der Waals surface area (Å²) in [5.74, 6) is 0.174. The second-order valence-electron chi connectivity index (χ2n) is 5.08. The van der Waals surface area contributed by atoms with E-state index in [-0.39, 0.29) is 23.7 Å². The van der Waals surface area contributed by atoms with E-state index in [4.69, 9.17) is 4.74 Å². The van der Waals surface area contributed by atoms with Crippen molar-refractivity contribution in [2.75, 3.05) is 11.5 Å². The van der Waals surface area contributed by atoms with Gasteiger partial charge < -0.3 is 4.74 Å². The van der Waals surface area contributed by atoms with Crippen LogP contribution in [-0.4, -0.2) is 32.1 Å². The van der Waals surface area contributed by atoms with Crippen molar-refractivity contribution < 1.29 is 13.2 Å². The van der Waals surface area contributed by atoms with Gasteiger partial charge in [0.1, 0.15) is 0 Å². The molecular formula is C11H17NO3S. The predicted molar refractivity (Wildman–Crippen MR) is 59.5 cm³/mol. The lowest BCUT2D eigenvalue weighted by molar-refractivity contribution is 0.0353. The van der Waals surface area contributed by atoms with E-state index in [1.54, 1.807) is 0 Å². The molecule has 0 aromatic heterocycles. The first-order valence-corrected chi connectivity index (χ1v) is 7.54. The summed E-state index contributed by atoms with van der Waals surface area (Å²) in [7, 11) is -3.00. The van der Waals surface area contributed by atoms with E-state index in [2.05, 4.69) is 6.07 Å². The maximum Gasteiger partial charge on any atom is 0.151 e. The highest BCUT2D eigenvalue weighted by atomic mass is 32.2. The van der Waals surface area contributed by atoms with Gasteiger partial charge in [0.15, 0.2) is 9.84 Å². The molecule has 0 spiro atoms. The van der Waals surface area contributed by atoms with Crippen LogP contribution in [-0.2, 0) is 14.6 Å². The summed E-state index contributed by atoms with van der Waals surface area (Å²) in [4.78, 5) is 0. The molecule has 3 atom stereocenters. The van der Waals surface area contributed by atoms with Gasteiger partial charge in [0.25, 0.3) is 0 Å². The van der Waals surface area contributed by atoms with Crippen molar-refractivity contribution in [3.8, 4) is 6.07 Å². The molecule has 0 aromatic carbocycles. The highest BCUT2D eigenvalue weighted by Gasteiger charge is 2.45. The lowest BCUT2D eigenvalue weighted by atomic mass is 9.83. The lowest BCUT2D eigenvalue weighted by Crippen LogP contribution is -2.26. The van der Waals surface area contributed by atoms with Crippen molar-refractivity contribution >= 4 is 9.84 Å². The molecule has 0 aromatic rings. The summed E-state index contributed by atoms with van der Waals surface area (Å²) in [5.41, 5.74) is -0.687. The molecule has 3 unspecified atom stereocenters. The lowest BCUT2D eigenvalue weighted by Gasteiger charge is -2.22. The number of ether oxygens (including phenoxy) is 1. The Bertz CT molecular complexity index is 411. The van der Waals surface area contributed by atoms with Crippen molar-refractivity contribution in [1.29, 1.82) is 5.26 Å². The first-order chi connectivity index (χ1) is 7.45. The zero-order valence-corrected chi connectivity index (χ0v) is 10.3. The number of nitrogens with zero attached hydrogens (tertiary/aromatic N) is 1. The summed E-state index contributed by atoms with van der Waals surface area (Å²) in [5, 5.41) is 9.20. The summed E-state index contributed by atoms with van der Waals surface area (Å²) in [6, 6.07) is 2.22. The molecule has 2 saturated heterocycles. The number of hydrogen-bond donors (Lipinski definition) is 0. The quantitative estimate of drug-likeness (QED) is 0.732. The van der Waals surface area contributed by atoms with Crippen LogP contribution in [0.5, 0.6) is 0 Å². The monoisotopic (exact) mass is 243 g/mol. The standard InChI is InChI=1S/C11H17NO3S/c1-9-2-3-10(15-9)6-11(7-12)4-5-16(13,14)8-11/h9-10H,2-6,8H2,1H3. The molecule has 0 N–H and O–H groups in total. The van der Waals surface area contributed by atoms with E-state index >= 15 is 0 Å². The van der Waals surface area contributed by atoms with Gasteiger partial charge in [0.2, 0.25) is 0 Å². The molecule has 0 bridgehead atoms. The van der Waals surface area contributed by atoms with Gasteiger partial charge in [0.05, 0.1) is 35.2 Å². The predicted octanol–water partition coefficient (Wildman–Crippen LogP) is 1.27. The van der Waals surface area contributed by atoms with Crippen LogP contribution in [0.3, 0.4) is 0 Å². The number of sulfone groups is 1. The van der Waals surface area contributed by atoms with Crippen molar-refractivity contribution in [3.05, 3.63) is 0 Å². The van der Waals surface area contributed by atoms with Crippen LogP contribution in [0.25, 0.3) is 0 Å². The second kappa shape index (κ2) is 4.01. The van der Waals surface area contributed by atoms with Gasteiger partial charge in [-0.3, -0.25) is 0 Å². The molecular weight excluding hydrogens is 226 g/mol. The van der Waals surface area contributed by atoms with Crippen LogP contribution in [0.1, 0.15) is 32.6 Å². The maximum atomic E-state index is 11.5. The average Bonchev–Trinajstić information content (AvgIpc) is 2.72. The molecule has 4 nitrogen and oxygen atoms in total. The summed E-state index contributed by atoms with van der Waals surface area (Å²) in [6.07, 6.45) is 3.33. The Hall–Kier alpha value is -0.600. The molecule has 2 fully saturated rings. The SMILES string of the molecule is CC1CCC(CC2(C#N)CCS(=O)(=O)C2)O1. The fraction of sp³-hybridized carbons (Fsp3) is 0.909. The van der Waals surface area contributed by atoms with Crippen molar-refractivity contribution in [3.63, 3.8) is 0 Å². The van der Waals surface area contributed by atoms with Crippen molar-refractivity contribution in [2.45, 2.75) is 44.8 Å². The highest BCUT2D eigenvalue weighted by molar-refractivity contribution is 7.91. The molecule has 0 amide bonds. The van der Waals surface area contributed by atoms with Crippen LogP contribution >= 0.6 is 0 Å². The minimum absolute atomic E-state index is 0.0186. The highest BCUT2D eigenvalue weighted by Crippen LogP contribution is 2.39. The number of rotatable bonds is 2. The smallest absolute Gasteiger partial charge is 0.151 e. The average molecular weight is 243 g/mol. The Morgan fingerprint density at radius 3 is 2.69 bits per heavy atom. The van der Waals surface area contributed by atoms with E-state index in [1.807, 2.05) is 6.92 Å². The Balaban J connectivity index is 2.05. The summed E-state index contributed by atoms with van der Waals surface area (Å²) in [6.45, 7) is 2.02. The van der Waals surface area contributed by atoms with Crippen molar-refractivity contribution in [1.82, 2.24) is 0 Å². The normalized spacial score (nSPS) is 42.0. The molecule has 5 heteroatoms. The maximum absolute atomic E-state index is 11.5. The van der Waals surface area contributed by atoms with Gasteiger partial charge in [-0.1, -0.05) is 0 Å². The van der Waals surface area contributed by atoms with Gasteiger partial charge in [-0.2, -0.15) is 5.26 Å². The van der Waals surface area contributed by atoms with Gasteiger partial charge in [-0.05, 0) is 32.6 Å². The summed E-state index contributed by atoms with van der Waals surface area (Å²) >= 11 is 0. The van der Waals surface area contributed by atoms with Gasteiger partial charge >= 0.3 is 0 Å². The Labute approximate surface area is 96.5 Å². The van der Waals surface area contributed by atoms with Crippen LogP contribution in [0.2, 0.25) is 0 Å². The van der Waals surface area contributed by atoms with Crippen LogP contribution in [0, 0.1) is 16.7 Å². The Kier molecular flexibility index (Phi) is 2.97. The molecule has 90 valence electrons. The molecule has 2 aliphatic rings. The first-order valence-electron chi connectivity index (χ1n) is 5.72. The topological polar surface area (TPSA) is 67.2 Å². The Morgan fingerprint density at radius 1 is 1.50 bits per heavy atom. The second-order valence-corrected chi connectivity index (χ2v) is 7.27. The number of hydrogen-bond acceptors (Lipinski definition) is 4. The molecule has 0 radical (unpaired) electrons. The van der Waals surface area contributed by atoms with E-state index in [1.165, 1.54) is 0 Å². The molecule has 0 saturated carbocycles. The zero-order chi connectivity index (χ0) is 11.8. The van der Waals surface area contributed by atoms with Crippen LogP contribution in [0.15, 0.2) is 0 Å². The van der Waals surface area contributed by atoms with Gasteiger partial charge in [-0.25, -0.2) is 8.42 Å². The fourth-order valence-corrected chi connectivity index (χ4v) is 4.70. The molecule has 2 rings (SSSR count). The van der Waals surface area contributed by atoms with Crippen LogP contribution < -0.4 is 0 Å². The number of nitriles is 1. The Morgan fingerprint density at radius 2 is 2.25 bits per heavy atom. The minimum Gasteiger partial charge on any atom is -0.375 e.